The summed E-state index contributed by atoms with van der Waals surface area (Å²) in [6.07, 6.45) is 0. The summed E-state index contributed by atoms with van der Waals surface area (Å²) in [7, 11) is 30.2. The molecule has 0 aliphatic heterocycles. The van der Waals surface area contributed by atoms with Gasteiger partial charge in [-0.1, -0.05) is 243 Å². The number of hydrogen-bond donors (Lipinski definition) is 0. The topological polar surface area (TPSA) is 24.9 Å². The van der Waals surface area contributed by atoms with E-state index in [1.807, 2.05) is 0 Å². The molecule has 0 amide bonds. The molecule has 0 fully saturated rings. The fourth-order valence-corrected chi connectivity index (χ4v) is 19.1. The second-order valence-corrected chi connectivity index (χ2v) is 36.3. The van der Waals surface area contributed by atoms with Crippen molar-refractivity contribution in [3.63, 3.8) is 0 Å². The summed E-state index contributed by atoms with van der Waals surface area (Å²) >= 11 is -3.25. The Morgan fingerprint density at radius 3 is 0.529 bits per heavy atom. The predicted molar refractivity (Wildman–Crippen MR) is 309 cm³/mol. The maximum atomic E-state index is 5.60. The minimum atomic E-state index is -1.62. The van der Waals surface area contributed by atoms with E-state index in [2.05, 4.69) is 252 Å². The van der Waals surface area contributed by atoms with E-state index >= 15 is 0 Å². The number of benzene rings is 8. The SMILES string of the molecule is COCCN(P(c1ccccc1)c1ccccc1)P(c1ccccc1)c1ccccc1.COCCN(P(c1ccccc1)c1ccccc1)P(c1ccccc1)c1ccccc1.[Cl][Cr]([Cl])[Cl].[Cl][Cr]([Cl])[Cl]. The van der Waals surface area contributed by atoms with E-state index in [1.165, 1.54) is 42.4 Å². The fraction of sp³-hybridized carbons (Fsp3) is 0.111. The van der Waals surface area contributed by atoms with Crippen LogP contribution in [0.1, 0.15) is 0 Å². The Bertz CT molecular complexity index is 2040. The molecular weight excluding hydrogens is 1150 g/mol. The summed E-state index contributed by atoms with van der Waals surface area (Å²) in [5.74, 6) is 0. The Balaban J connectivity index is 0.000000226. The van der Waals surface area contributed by atoms with Crippen molar-refractivity contribution in [2.45, 2.75) is 0 Å². The normalized spacial score (nSPS) is 11.1. The van der Waals surface area contributed by atoms with Crippen LogP contribution < -0.4 is 42.4 Å². The van der Waals surface area contributed by atoms with Crippen molar-refractivity contribution in [3.05, 3.63) is 243 Å². The van der Waals surface area contributed by atoms with Crippen molar-refractivity contribution in [2.75, 3.05) is 40.5 Å². The first-order valence-electron chi connectivity index (χ1n) is 21.8. The number of ether oxygens (including phenoxy) is 2. The van der Waals surface area contributed by atoms with E-state index in [1.54, 1.807) is 14.2 Å². The van der Waals surface area contributed by atoms with Crippen LogP contribution in [0.25, 0.3) is 0 Å². The Labute approximate surface area is 455 Å². The second-order valence-electron chi connectivity index (χ2n) is 14.5. The average Bonchev–Trinajstić information content (AvgIpc) is 3.40. The van der Waals surface area contributed by atoms with Crippen molar-refractivity contribution >= 4 is 135 Å². The summed E-state index contributed by atoms with van der Waals surface area (Å²) < 4.78 is 16.6. The number of hydrogen-bond acceptors (Lipinski definition) is 4. The molecule has 0 aromatic heterocycles. The van der Waals surface area contributed by atoms with Crippen LogP contribution in [-0.2, 0) is 32.2 Å². The maximum absolute atomic E-state index is 5.60. The summed E-state index contributed by atoms with van der Waals surface area (Å²) in [6, 6.07) is 87.4. The van der Waals surface area contributed by atoms with Crippen molar-refractivity contribution in [3.8, 4) is 0 Å². The number of halogens is 6. The van der Waals surface area contributed by atoms with E-state index in [9.17, 15) is 0 Å². The summed E-state index contributed by atoms with van der Waals surface area (Å²) in [4.78, 5) is 0. The molecule has 0 radical (unpaired) electrons. The zero-order valence-electron chi connectivity index (χ0n) is 38.5. The van der Waals surface area contributed by atoms with Crippen molar-refractivity contribution in [1.82, 2.24) is 8.88 Å². The van der Waals surface area contributed by atoms with Crippen LogP contribution in [0.4, 0.5) is 0 Å². The van der Waals surface area contributed by atoms with Crippen molar-refractivity contribution in [2.24, 2.45) is 0 Å². The molecule has 0 saturated carbocycles. The Morgan fingerprint density at radius 2 is 0.414 bits per heavy atom. The van der Waals surface area contributed by atoms with Crippen LogP contribution in [0.5, 0.6) is 0 Å². The molecule has 70 heavy (non-hydrogen) atoms. The van der Waals surface area contributed by atoms with Crippen LogP contribution >= 0.6 is 92.6 Å². The second kappa shape index (κ2) is 34.6. The van der Waals surface area contributed by atoms with Gasteiger partial charge in [-0.2, -0.15) is 0 Å². The van der Waals surface area contributed by atoms with Crippen LogP contribution in [0.15, 0.2) is 243 Å². The van der Waals surface area contributed by atoms with Gasteiger partial charge in [-0.15, -0.1) is 0 Å². The van der Waals surface area contributed by atoms with Gasteiger partial charge in [0, 0.05) is 59.6 Å². The molecule has 8 rings (SSSR count). The molecule has 16 heteroatoms. The molecule has 8 aromatic carbocycles. The summed E-state index contributed by atoms with van der Waals surface area (Å²) in [5, 5.41) is 10.9. The van der Waals surface area contributed by atoms with Crippen LogP contribution in [0.2, 0.25) is 0 Å². The molecule has 0 saturated heterocycles. The Morgan fingerprint density at radius 1 is 0.286 bits per heavy atom. The van der Waals surface area contributed by atoms with Gasteiger partial charge in [-0.25, -0.2) is 8.88 Å². The number of rotatable bonds is 18. The van der Waals surface area contributed by atoms with E-state index in [0.717, 1.165) is 13.1 Å². The Kier molecular flexibility index (Phi) is 29.2. The third kappa shape index (κ3) is 20.1. The molecule has 0 atom stereocenters. The standard InChI is InChI=1S/2C27H27NOP2.6ClH.2Cr/c2*1-29-23-22-28(30(24-14-6-2-7-15-24)25-16-8-3-9-17-25)31(26-18-10-4-11-19-26)27-20-12-5-13-21-27;;;;;;;;/h2*2-21H,22-23H2,1H3;6*1H;;/q;;;;;;;;2*+3/p-6. The van der Waals surface area contributed by atoms with Gasteiger partial charge in [0.15, 0.2) is 0 Å². The van der Waals surface area contributed by atoms with Crippen molar-refractivity contribution < 1.29 is 32.2 Å². The van der Waals surface area contributed by atoms with Crippen LogP contribution in [-0.4, -0.2) is 49.4 Å². The molecule has 366 valence electrons. The van der Waals surface area contributed by atoms with Gasteiger partial charge in [-0.3, -0.25) is 0 Å². The molecule has 8 aromatic rings. The van der Waals surface area contributed by atoms with Crippen LogP contribution in [0.3, 0.4) is 0 Å². The van der Waals surface area contributed by atoms with Gasteiger partial charge >= 0.3 is 83.1 Å². The first-order valence-corrected chi connectivity index (χ1v) is 37.5. The average molecular weight is 1200 g/mol. The Hall–Kier alpha value is -1.88. The third-order valence-electron chi connectivity index (χ3n) is 9.92. The fourth-order valence-electron chi connectivity index (χ4n) is 7.14. The van der Waals surface area contributed by atoms with Crippen molar-refractivity contribution in [1.29, 1.82) is 0 Å². The zero-order valence-corrected chi connectivity index (χ0v) is 49.2. The van der Waals surface area contributed by atoms with Gasteiger partial charge in [0.2, 0.25) is 0 Å². The van der Waals surface area contributed by atoms with Gasteiger partial charge in [0.1, 0.15) is 0 Å². The molecular formula is C54H54Cl6Cr2N2O2P4. The molecule has 0 bridgehead atoms. The quantitative estimate of drug-likeness (QED) is 0.0800. The van der Waals surface area contributed by atoms with E-state index < -0.39 is 55.1 Å². The molecule has 0 aliphatic carbocycles. The number of methoxy groups -OCH3 is 2. The predicted octanol–water partition coefficient (Wildman–Crippen LogP) is 14.2. The third-order valence-corrected chi connectivity index (χ3v) is 21.0. The van der Waals surface area contributed by atoms with Gasteiger partial charge in [0.05, 0.1) is 13.2 Å². The minimum absolute atomic E-state index is 0.691. The van der Waals surface area contributed by atoms with E-state index in [4.69, 9.17) is 69.8 Å². The van der Waals surface area contributed by atoms with Crippen LogP contribution in [0, 0.1) is 0 Å². The van der Waals surface area contributed by atoms with Gasteiger partial charge < -0.3 is 9.47 Å². The first kappa shape index (κ1) is 59.0. The molecule has 0 unspecified atom stereocenters. The monoisotopic (exact) mass is 1200 g/mol. The molecule has 0 aliphatic rings. The molecule has 0 N–H and O–H groups in total. The van der Waals surface area contributed by atoms with E-state index in [-0.39, 0.29) is 0 Å². The zero-order chi connectivity index (χ0) is 49.8. The first-order chi connectivity index (χ1) is 34.2. The van der Waals surface area contributed by atoms with E-state index in [0.29, 0.717) is 13.2 Å². The molecule has 0 heterocycles. The summed E-state index contributed by atoms with van der Waals surface area (Å²) in [6.45, 7) is 3.11. The summed E-state index contributed by atoms with van der Waals surface area (Å²) in [5.41, 5.74) is 0. The molecule has 4 nitrogen and oxygen atoms in total. The van der Waals surface area contributed by atoms with Gasteiger partial charge in [0.25, 0.3) is 0 Å². The molecule has 0 spiro atoms. The van der Waals surface area contributed by atoms with Gasteiger partial charge in [-0.05, 0) is 42.4 Å². The number of nitrogens with zero attached hydrogens (tertiary/aromatic N) is 2.